The summed E-state index contributed by atoms with van der Waals surface area (Å²) in [5.41, 5.74) is 1.36. The molecular formula is C28H21F3N6O2. The molecule has 0 bridgehead atoms. The summed E-state index contributed by atoms with van der Waals surface area (Å²) >= 11 is 0. The van der Waals surface area contributed by atoms with Crippen LogP contribution in [0.5, 0.6) is 0 Å². The maximum Gasteiger partial charge on any atom is 0.416 e. The largest absolute Gasteiger partial charge is 0.416 e. The first-order valence-corrected chi connectivity index (χ1v) is 11.9. The maximum atomic E-state index is 13.5. The summed E-state index contributed by atoms with van der Waals surface area (Å²) in [5, 5.41) is 5.21. The monoisotopic (exact) mass is 530 g/mol. The van der Waals surface area contributed by atoms with Crippen LogP contribution >= 0.6 is 0 Å². The molecule has 0 atom stereocenters. The number of hydrogen-bond donors (Lipinski definition) is 2. The minimum atomic E-state index is -4.60. The van der Waals surface area contributed by atoms with Crippen molar-refractivity contribution in [3.8, 4) is 17.5 Å². The van der Waals surface area contributed by atoms with Crippen molar-refractivity contribution in [1.29, 1.82) is 0 Å². The van der Waals surface area contributed by atoms with Crippen LogP contribution in [0.25, 0.3) is 5.69 Å². The predicted molar refractivity (Wildman–Crippen MR) is 137 cm³/mol. The van der Waals surface area contributed by atoms with Gasteiger partial charge in [-0.25, -0.2) is 15.0 Å². The number of imidazole rings is 1. The van der Waals surface area contributed by atoms with Gasteiger partial charge in [-0.05, 0) is 55.7 Å². The highest BCUT2D eigenvalue weighted by molar-refractivity contribution is 6.04. The van der Waals surface area contributed by atoms with E-state index in [1.807, 2.05) is 6.92 Å². The number of benzene rings is 2. The fourth-order valence-corrected chi connectivity index (χ4v) is 3.66. The fraction of sp³-hybridized carbons (Fsp3) is 0.179. The normalized spacial score (nSPS) is 12.8. The summed E-state index contributed by atoms with van der Waals surface area (Å²) in [7, 11) is 0. The molecule has 2 aromatic carbocycles. The summed E-state index contributed by atoms with van der Waals surface area (Å²) in [6.45, 7) is 1.82. The summed E-state index contributed by atoms with van der Waals surface area (Å²) in [6.07, 6.45) is 4.44. The number of aryl methyl sites for hydroxylation is 1. The van der Waals surface area contributed by atoms with Gasteiger partial charge in [0.2, 0.25) is 11.9 Å². The summed E-state index contributed by atoms with van der Waals surface area (Å²) in [5.74, 6) is 5.46. The third-order valence-corrected chi connectivity index (χ3v) is 5.98. The minimum Gasteiger partial charge on any atom is -0.322 e. The smallest absolute Gasteiger partial charge is 0.322 e. The molecule has 0 aliphatic heterocycles. The molecule has 5 rings (SSSR count). The molecule has 1 saturated carbocycles. The number of carbonyl (C=O) groups is 2. The number of hydrogen-bond acceptors (Lipinski definition) is 5. The quantitative estimate of drug-likeness (QED) is 0.354. The first-order chi connectivity index (χ1) is 18.7. The van der Waals surface area contributed by atoms with Gasteiger partial charge in [0.1, 0.15) is 0 Å². The van der Waals surface area contributed by atoms with Crippen LogP contribution < -0.4 is 10.6 Å². The predicted octanol–water partition coefficient (Wildman–Crippen LogP) is 4.99. The first kappa shape index (κ1) is 25.7. The van der Waals surface area contributed by atoms with Gasteiger partial charge in [0, 0.05) is 53.2 Å². The van der Waals surface area contributed by atoms with Crippen LogP contribution in [-0.4, -0.2) is 31.3 Å². The Morgan fingerprint density at radius 1 is 1.03 bits per heavy atom. The standard InChI is InChI=1S/C28H21F3N6O2/c1-17-2-4-21(10-20(17)5-3-18-14-33-27(34-15-18)36-25(38)19-6-7-19)26(39)35-23-11-22(28(29,30)31)12-24(13-23)37-9-8-32-16-37/h2,4,8-16,19H,6-7H2,1H3,(H,35,39)(H,33,34,36,38). The van der Waals surface area contributed by atoms with Crippen LogP contribution in [0, 0.1) is 24.7 Å². The third kappa shape index (κ3) is 6.30. The molecule has 0 saturated heterocycles. The lowest BCUT2D eigenvalue weighted by Gasteiger charge is -2.14. The van der Waals surface area contributed by atoms with Crippen molar-refractivity contribution in [3.63, 3.8) is 0 Å². The number of rotatable bonds is 5. The Labute approximate surface area is 221 Å². The minimum absolute atomic E-state index is 0.0160. The molecule has 2 heterocycles. The van der Waals surface area contributed by atoms with Gasteiger partial charge in [-0.2, -0.15) is 13.2 Å². The zero-order chi connectivity index (χ0) is 27.6. The van der Waals surface area contributed by atoms with Gasteiger partial charge in [0.05, 0.1) is 17.5 Å². The average Bonchev–Trinajstić information content (AvgIpc) is 3.62. The molecule has 8 nitrogen and oxygen atoms in total. The SMILES string of the molecule is Cc1ccc(C(=O)Nc2cc(-n3ccnc3)cc(C(F)(F)F)c2)cc1C#Cc1cnc(NC(=O)C2CC2)nc1. The Morgan fingerprint density at radius 3 is 2.46 bits per heavy atom. The molecule has 2 aromatic heterocycles. The lowest BCUT2D eigenvalue weighted by Crippen LogP contribution is -2.15. The summed E-state index contributed by atoms with van der Waals surface area (Å²) < 4.78 is 41.9. The average molecular weight is 531 g/mol. The molecule has 39 heavy (non-hydrogen) atoms. The molecule has 1 aliphatic carbocycles. The van der Waals surface area contributed by atoms with E-state index >= 15 is 0 Å². The lowest BCUT2D eigenvalue weighted by molar-refractivity contribution is -0.137. The molecule has 0 radical (unpaired) electrons. The Morgan fingerprint density at radius 2 is 1.79 bits per heavy atom. The molecule has 196 valence electrons. The van der Waals surface area contributed by atoms with E-state index in [-0.39, 0.29) is 34.7 Å². The Bertz CT molecular complexity index is 1600. The van der Waals surface area contributed by atoms with Crippen molar-refractivity contribution in [2.24, 2.45) is 5.92 Å². The van der Waals surface area contributed by atoms with E-state index in [9.17, 15) is 22.8 Å². The second-order valence-corrected chi connectivity index (χ2v) is 9.03. The number of nitrogens with zero attached hydrogens (tertiary/aromatic N) is 4. The number of amides is 2. The van der Waals surface area contributed by atoms with Gasteiger partial charge >= 0.3 is 6.18 Å². The Kier molecular flexibility index (Phi) is 6.85. The molecule has 11 heteroatoms. The third-order valence-electron chi connectivity index (χ3n) is 5.98. The highest BCUT2D eigenvalue weighted by Gasteiger charge is 2.32. The number of carbonyl (C=O) groups excluding carboxylic acids is 2. The maximum absolute atomic E-state index is 13.5. The number of halogens is 3. The zero-order valence-electron chi connectivity index (χ0n) is 20.6. The van der Waals surface area contributed by atoms with Gasteiger partial charge in [-0.3, -0.25) is 14.9 Å². The molecule has 1 fully saturated rings. The summed E-state index contributed by atoms with van der Waals surface area (Å²) in [4.78, 5) is 36.9. The lowest BCUT2D eigenvalue weighted by atomic mass is 10.0. The topological polar surface area (TPSA) is 102 Å². The number of anilines is 2. The van der Waals surface area contributed by atoms with E-state index < -0.39 is 17.6 Å². The van der Waals surface area contributed by atoms with Gasteiger partial charge in [0.25, 0.3) is 5.91 Å². The van der Waals surface area contributed by atoms with E-state index in [0.29, 0.717) is 11.1 Å². The van der Waals surface area contributed by atoms with Crippen LogP contribution in [-0.2, 0) is 11.0 Å². The van der Waals surface area contributed by atoms with Crippen molar-refractivity contribution in [1.82, 2.24) is 19.5 Å². The van der Waals surface area contributed by atoms with Gasteiger partial charge in [-0.1, -0.05) is 17.9 Å². The molecule has 1 aliphatic rings. The molecule has 0 unspecified atom stereocenters. The molecule has 2 amide bonds. The van der Waals surface area contributed by atoms with Crippen molar-refractivity contribution in [2.75, 3.05) is 10.6 Å². The van der Waals surface area contributed by atoms with E-state index in [1.54, 1.807) is 18.2 Å². The highest BCUT2D eigenvalue weighted by atomic mass is 19.4. The highest BCUT2D eigenvalue weighted by Crippen LogP contribution is 2.33. The van der Waals surface area contributed by atoms with E-state index in [2.05, 4.69) is 37.4 Å². The first-order valence-electron chi connectivity index (χ1n) is 11.9. The van der Waals surface area contributed by atoms with Gasteiger partial charge in [0.15, 0.2) is 0 Å². The fourth-order valence-electron chi connectivity index (χ4n) is 3.66. The second kappa shape index (κ2) is 10.4. The van der Waals surface area contributed by atoms with Crippen LogP contribution in [0.3, 0.4) is 0 Å². The van der Waals surface area contributed by atoms with Crippen molar-refractivity contribution in [2.45, 2.75) is 25.9 Å². The van der Waals surface area contributed by atoms with Crippen molar-refractivity contribution in [3.05, 3.63) is 95.3 Å². The van der Waals surface area contributed by atoms with E-state index in [0.717, 1.165) is 30.5 Å². The van der Waals surface area contributed by atoms with Gasteiger partial charge in [-0.15, -0.1) is 0 Å². The van der Waals surface area contributed by atoms with E-state index in [1.165, 1.54) is 41.7 Å². The Balaban J connectivity index is 1.34. The number of alkyl halides is 3. The van der Waals surface area contributed by atoms with Crippen molar-refractivity contribution < 1.29 is 22.8 Å². The van der Waals surface area contributed by atoms with Crippen LogP contribution in [0.2, 0.25) is 0 Å². The van der Waals surface area contributed by atoms with Crippen LogP contribution in [0.15, 0.2) is 67.5 Å². The van der Waals surface area contributed by atoms with Crippen molar-refractivity contribution >= 4 is 23.5 Å². The molecule has 4 aromatic rings. The Hall–Kier alpha value is -4.98. The summed E-state index contributed by atoms with van der Waals surface area (Å²) in [6, 6.07) is 8.13. The molecule has 0 spiro atoms. The number of aromatic nitrogens is 4. The number of nitrogens with one attached hydrogen (secondary N) is 2. The molecular weight excluding hydrogens is 509 g/mol. The second-order valence-electron chi connectivity index (χ2n) is 9.03. The molecule has 2 N–H and O–H groups in total. The zero-order valence-corrected chi connectivity index (χ0v) is 20.6. The van der Waals surface area contributed by atoms with Crippen LogP contribution in [0.1, 0.15) is 45.5 Å². The van der Waals surface area contributed by atoms with Gasteiger partial charge < -0.3 is 9.88 Å². The van der Waals surface area contributed by atoms with E-state index in [4.69, 9.17) is 0 Å². The van der Waals surface area contributed by atoms with Crippen LogP contribution in [0.4, 0.5) is 24.8 Å².